The Morgan fingerprint density at radius 1 is 1.54 bits per heavy atom. The van der Waals surface area contributed by atoms with E-state index in [9.17, 15) is 4.79 Å². The first-order chi connectivity index (χ1) is 11.6. The average molecular weight is 344 g/mol. The third kappa shape index (κ3) is 5.24. The summed E-state index contributed by atoms with van der Waals surface area (Å²) < 4.78 is 1.73. The lowest BCUT2D eigenvalue weighted by atomic mass is 9.87. The van der Waals surface area contributed by atoms with Gasteiger partial charge in [0.2, 0.25) is 0 Å². The highest BCUT2D eigenvalue weighted by atomic mass is 32.1. The maximum absolute atomic E-state index is 12.4. The molecular formula is C19H24N2O2S. The monoisotopic (exact) mass is 344 g/mol. The Kier molecular flexibility index (Phi) is 7.07. The van der Waals surface area contributed by atoms with Crippen molar-refractivity contribution in [3.8, 4) is 12.3 Å². The molecule has 0 aliphatic heterocycles. The lowest BCUT2D eigenvalue weighted by Crippen LogP contribution is -2.38. The second-order valence-electron chi connectivity index (χ2n) is 5.97. The molecule has 0 saturated carbocycles. The molecule has 1 unspecified atom stereocenters. The second-order valence-corrected chi connectivity index (χ2v) is 6.39. The van der Waals surface area contributed by atoms with Gasteiger partial charge in [-0.3, -0.25) is 4.90 Å². The number of carbonyl (C=O) groups is 1. The van der Waals surface area contributed by atoms with Crippen LogP contribution < -0.4 is 4.84 Å². The number of carbonyl (C=O) groups excluding carboxylic acids is 1. The molecule has 1 aliphatic carbocycles. The van der Waals surface area contributed by atoms with Gasteiger partial charge in [-0.25, -0.2) is 4.79 Å². The van der Waals surface area contributed by atoms with Crippen LogP contribution in [0.25, 0.3) is 0 Å². The zero-order valence-electron chi connectivity index (χ0n) is 14.1. The first kappa shape index (κ1) is 18.3. The molecule has 4 nitrogen and oxygen atoms in total. The molecule has 0 radical (unpaired) electrons. The number of terminal acetylenes is 1. The molecule has 1 atom stereocenters. The minimum atomic E-state index is -0.467. The Hall–Kier alpha value is -2.06. The highest BCUT2D eigenvalue weighted by Gasteiger charge is 2.19. The molecule has 5 heteroatoms. The molecule has 0 aromatic carbocycles. The van der Waals surface area contributed by atoms with Gasteiger partial charge in [0.25, 0.3) is 0 Å². The molecule has 1 aliphatic rings. The highest BCUT2D eigenvalue weighted by molar-refractivity contribution is 7.71. The van der Waals surface area contributed by atoms with Gasteiger partial charge in [-0.15, -0.1) is 6.42 Å². The quantitative estimate of drug-likeness (QED) is 0.440. The molecule has 1 aromatic heterocycles. The van der Waals surface area contributed by atoms with Crippen molar-refractivity contribution < 1.29 is 9.63 Å². The number of aromatic nitrogens is 1. The van der Waals surface area contributed by atoms with Crippen molar-refractivity contribution in [3.63, 3.8) is 0 Å². The normalized spacial score (nSPS) is 16.8. The smallest absolute Gasteiger partial charge is 0.316 e. The van der Waals surface area contributed by atoms with Crippen molar-refractivity contribution in [2.45, 2.75) is 39.0 Å². The summed E-state index contributed by atoms with van der Waals surface area (Å²) in [5.41, 5.74) is 1.52. The van der Waals surface area contributed by atoms with E-state index in [1.165, 1.54) is 29.6 Å². The van der Waals surface area contributed by atoms with Gasteiger partial charge in [0.1, 0.15) is 4.64 Å². The summed E-state index contributed by atoms with van der Waals surface area (Å²) in [6.07, 6.45) is 14.5. The minimum Gasteiger partial charge on any atom is -0.316 e. The van der Waals surface area contributed by atoms with Gasteiger partial charge in [0.15, 0.2) is 0 Å². The molecule has 128 valence electrons. The average Bonchev–Trinajstić information content (AvgIpc) is 2.60. The second kappa shape index (κ2) is 9.29. The lowest BCUT2D eigenvalue weighted by molar-refractivity contribution is 0.0929. The Balaban J connectivity index is 1.96. The van der Waals surface area contributed by atoms with Gasteiger partial charge < -0.3 is 4.84 Å². The molecule has 0 fully saturated rings. The van der Waals surface area contributed by atoms with E-state index in [1.54, 1.807) is 29.3 Å². The minimum absolute atomic E-state index is 0.232. The van der Waals surface area contributed by atoms with Gasteiger partial charge >= 0.3 is 6.09 Å². The number of amides is 1. The van der Waals surface area contributed by atoms with Crippen molar-refractivity contribution in [2.75, 3.05) is 13.1 Å². The molecule has 0 N–H and O–H groups in total. The van der Waals surface area contributed by atoms with E-state index in [0.717, 1.165) is 12.8 Å². The first-order valence-corrected chi connectivity index (χ1v) is 8.82. The van der Waals surface area contributed by atoms with Gasteiger partial charge in [-0.1, -0.05) is 42.8 Å². The summed E-state index contributed by atoms with van der Waals surface area (Å²) in [6.45, 7) is 3.01. The van der Waals surface area contributed by atoms with E-state index < -0.39 is 6.09 Å². The molecule has 1 heterocycles. The summed E-state index contributed by atoms with van der Waals surface area (Å²) in [6, 6.07) is 5.26. The Morgan fingerprint density at radius 3 is 3.08 bits per heavy atom. The number of pyridine rings is 1. The van der Waals surface area contributed by atoms with E-state index >= 15 is 0 Å². The molecule has 2 rings (SSSR count). The fraction of sp³-hybridized carbons (Fsp3) is 0.474. The van der Waals surface area contributed by atoms with Crippen molar-refractivity contribution in [2.24, 2.45) is 5.92 Å². The van der Waals surface area contributed by atoms with Crippen LogP contribution in [0.1, 0.15) is 39.0 Å². The Bertz CT molecular complexity index is 687. The van der Waals surface area contributed by atoms with Crippen molar-refractivity contribution in [1.29, 1.82) is 0 Å². The van der Waals surface area contributed by atoms with E-state index in [0.29, 0.717) is 17.1 Å². The summed E-state index contributed by atoms with van der Waals surface area (Å²) in [5, 5.41) is 0. The molecule has 24 heavy (non-hydrogen) atoms. The molecule has 1 amide bonds. The fourth-order valence-corrected chi connectivity index (χ4v) is 3.09. The van der Waals surface area contributed by atoms with Crippen molar-refractivity contribution in [1.82, 2.24) is 9.63 Å². The van der Waals surface area contributed by atoms with Crippen LogP contribution in [-0.2, 0) is 0 Å². The van der Waals surface area contributed by atoms with Crippen LogP contribution in [0, 0.1) is 22.9 Å². The van der Waals surface area contributed by atoms with E-state index in [4.69, 9.17) is 23.5 Å². The molecule has 0 spiro atoms. The third-order valence-corrected chi connectivity index (χ3v) is 4.59. The summed E-state index contributed by atoms with van der Waals surface area (Å²) in [4.78, 5) is 19.3. The van der Waals surface area contributed by atoms with Crippen LogP contribution >= 0.6 is 12.2 Å². The van der Waals surface area contributed by atoms with Gasteiger partial charge in [0.05, 0.1) is 6.54 Å². The van der Waals surface area contributed by atoms with Gasteiger partial charge in [-0.2, -0.15) is 4.73 Å². The third-order valence-electron chi connectivity index (χ3n) is 4.27. The summed E-state index contributed by atoms with van der Waals surface area (Å²) in [7, 11) is 0. The van der Waals surface area contributed by atoms with E-state index in [2.05, 4.69) is 18.9 Å². The largest absolute Gasteiger partial charge is 0.435 e. The van der Waals surface area contributed by atoms with E-state index in [-0.39, 0.29) is 6.54 Å². The maximum atomic E-state index is 12.4. The molecule has 0 saturated heterocycles. The Morgan fingerprint density at radius 2 is 2.38 bits per heavy atom. The van der Waals surface area contributed by atoms with Crippen LogP contribution in [0.2, 0.25) is 0 Å². The Labute approximate surface area is 149 Å². The number of hydrogen-bond acceptors (Lipinski definition) is 3. The van der Waals surface area contributed by atoms with Crippen LogP contribution in [-0.4, -0.2) is 28.8 Å². The van der Waals surface area contributed by atoms with Crippen LogP contribution in [0.4, 0.5) is 4.79 Å². The summed E-state index contributed by atoms with van der Waals surface area (Å²) >= 11 is 5.13. The molecule has 0 bridgehead atoms. The van der Waals surface area contributed by atoms with Gasteiger partial charge in [-0.05, 0) is 50.2 Å². The zero-order chi connectivity index (χ0) is 17.4. The van der Waals surface area contributed by atoms with Crippen LogP contribution in [0.15, 0.2) is 36.0 Å². The lowest BCUT2D eigenvalue weighted by Gasteiger charge is -2.24. The standard InChI is InChI=1S/C19H24N2O2S/c1-3-12-20(14-11-17-9-7-8-16(4-2)15-17)19(22)23-21-13-6-5-10-18(21)24/h1,5-6,10,13,15,17H,4,7-9,11-12,14H2,2H3. The van der Waals surface area contributed by atoms with E-state index in [1.807, 2.05) is 0 Å². The summed E-state index contributed by atoms with van der Waals surface area (Å²) in [5.74, 6) is 3.05. The number of nitrogens with zero attached hydrogens (tertiary/aromatic N) is 2. The van der Waals surface area contributed by atoms with Crippen molar-refractivity contribution in [3.05, 3.63) is 40.7 Å². The van der Waals surface area contributed by atoms with Gasteiger partial charge in [0, 0.05) is 12.7 Å². The maximum Gasteiger partial charge on any atom is 0.435 e. The first-order valence-electron chi connectivity index (χ1n) is 8.42. The predicted molar refractivity (Wildman–Crippen MR) is 98.0 cm³/mol. The van der Waals surface area contributed by atoms with Crippen LogP contribution in [0.5, 0.6) is 0 Å². The van der Waals surface area contributed by atoms with Crippen LogP contribution in [0.3, 0.4) is 0 Å². The fourth-order valence-electron chi connectivity index (χ4n) is 2.91. The predicted octanol–water partition coefficient (Wildman–Crippen LogP) is 4.23. The zero-order valence-corrected chi connectivity index (χ0v) is 14.9. The van der Waals surface area contributed by atoms with Crippen molar-refractivity contribution >= 4 is 18.3 Å². The SMILES string of the molecule is C#CCN(CCC1C=C(CC)CCC1)C(=O)On1ccccc1=S. The molecule has 1 aromatic rings. The topological polar surface area (TPSA) is 34.5 Å². The number of allylic oxidation sites excluding steroid dienone is 2. The highest BCUT2D eigenvalue weighted by Crippen LogP contribution is 2.27. The number of rotatable bonds is 6. The molecular weight excluding hydrogens is 320 g/mol. The number of hydrogen-bond donors (Lipinski definition) is 0.